The number of hydrogen-bond donors (Lipinski definition) is 0. The van der Waals surface area contributed by atoms with E-state index in [1.54, 1.807) is 0 Å². The fourth-order valence-corrected chi connectivity index (χ4v) is 4.82. The van der Waals surface area contributed by atoms with Gasteiger partial charge >= 0.3 is 0 Å². The van der Waals surface area contributed by atoms with Gasteiger partial charge in [-0.15, -0.1) is 0 Å². The van der Waals surface area contributed by atoms with Crippen LogP contribution in [0.4, 0.5) is 0 Å². The second-order valence-corrected chi connectivity index (χ2v) is 9.06. The van der Waals surface area contributed by atoms with Crippen molar-refractivity contribution < 1.29 is 9.47 Å². The Balaban J connectivity index is 1.84. The first-order valence-corrected chi connectivity index (χ1v) is 12.6. The van der Waals surface area contributed by atoms with Crippen LogP contribution in [0.3, 0.4) is 0 Å². The van der Waals surface area contributed by atoms with Crippen molar-refractivity contribution in [1.82, 2.24) is 9.97 Å². The molecular weight excluding hydrogens is 388 g/mol. The van der Waals surface area contributed by atoms with Crippen LogP contribution in [-0.2, 0) is 9.47 Å². The summed E-state index contributed by atoms with van der Waals surface area (Å²) in [6.45, 7) is 5.92. The molecule has 0 radical (unpaired) electrons. The number of pyridine rings is 2. The summed E-state index contributed by atoms with van der Waals surface area (Å²) in [6.07, 6.45) is 8.15. The first kappa shape index (κ1) is 23.2. The van der Waals surface area contributed by atoms with Gasteiger partial charge in [0.15, 0.2) is 0 Å². The highest BCUT2D eigenvalue weighted by atomic mass is 33.1. The van der Waals surface area contributed by atoms with Crippen molar-refractivity contribution in [2.45, 2.75) is 51.7 Å². The van der Waals surface area contributed by atoms with Crippen molar-refractivity contribution in [3.63, 3.8) is 0 Å². The first-order valence-electron chi connectivity index (χ1n) is 10.1. The molecule has 0 aliphatic heterocycles. The minimum Gasteiger partial charge on any atom is -0.371 e. The van der Waals surface area contributed by atoms with Crippen molar-refractivity contribution >= 4 is 21.6 Å². The third kappa shape index (κ3) is 8.95. The molecule has 2 aromatic heterocycles. The number of unbranched alkanes of at least 4 members (excludes halogenated alkanes) is 2. The van der Waals surface area contributed by atoms with Crippen molar-refractivity contribution in [3.8, 4) is 0 Å². The summed E-state index contributed by atoms with van der Waals surface area (Å²) in [5.41, 5.74) is 2.01. The number of nitrogens with zero attached hydrogens (tertiary/aromatic N) is 2. The monoisotopic (exact) mass is 420 g/mol. The van der Waals surface area contributed by atoms with Gasteiger partial charge in [0.1, 0.15) is 12.2 Å². The van der Waals surface area contributed by atoms with E-state index in [2.05, 4.69) is 23.8 Å². The van der Waals surface area contributed by atoms with Gasteiger partial charge in [-0.3, -0.25) is 9.97 Å². The summed E-state index contributed by atoms with van der Waals surface area (Å²) in [7, 11) is 3.64. The fourth-order valence-electron chi connectivity index (χ4n) is 2.53. The van der Waals surface area contributed by atoms with Gasteiger partial charge in [0.25, 0.3) is 0 Å². The van der Waals surface area contributed by atoms with Crippen molar-refractivity contribution in [2.75, 3.05) is 24.7 Å². The normalized spacial score (nSPS) is 13.4. The van der Waals surface area contributed by atoms with Gasteiger partial charge in [-0.25, -0.2) is 0 Å². The Morgan fingerprint density at radius 2 is 1.21 bits per heavy atom. The molecule has 6 heteroatoms. The summed E-state index contributed by atoms with van der Waals surface area (Å²) >= 11 is 0. The summed E-state index contributed by atoms with van der Waals surface area (Å²) in [5.74, 6) is 1.74. The Labute approximate surface area is 177 Å². The van der Waals surface area contributed by atoms with Gasteiger partial charge in [-0.1, -0.05) is 60.4 Å². The number of ether oxygens (including phenoxy) is 2. The van der Waals surface area contributed by atoms with Crippen molar-refractivity contribution in [2.24, 2.45) is 0 Å². The molecule has 0 spiro atoms. The average Bonchev–Trinajstić information content (AvgIpc) is 2.75. The van der Waals surface area contributed by atoms with E-state index >= 15 is 0 Å². The van der Waals surface area contributed by atoms with Gasteiger partial charge in [-0.2, -0.15) is 0 Å². The Morgan fingerprint density at radius 1 is 0.750 bits per heavy atom. The first-order chi connectivity index (χ1) is 13.8. The van der Waals surface area contributed by atoms with Crippen LogP contribution in [0.1, 0.15) is 63.1 Å². The second-order valence-electron chi connectivity index (χ2n) is 6.50. The summed E-state index contributed by atoms with van der Waals surface area (Å²) in [4.78, 5) is 8.97. The molecule has 0 amide bonds. The van der Waals surface area contributed by atoms with Crippen LogP contribution in [0.2, 0.25) is 0 Å². The maximum atomic E-state index is 6.10. The molecule has 2 aromatic rings. The zero-order chi connectivity index (χ0) is 19.9. The molecular formula is C22H32N2O2S2. The van der Waals surface area contributed by atoms with Crippen LogP contribution in [0.5, 0.6) is 0 Å². The van der Waals surface area contributed by atoms with E-state index in [1.165, 1.54) is 0 Å². The molecule has 0 bridgehead atoms. The average molecular weight is 421 g/mol. The highest BCUT2D eigenvalue weighted by Gasteiger charge is 2.17. The molecule has 2 rings (SSSR count). The standard InChI is InChI=1S/C22H32N2O2S2/c1-3-5-15-25-21(19-11-7-9-13-23-19)17-27-28-18-22(26-16-6-4-2)20-12-8-10-14-24-20/h7-14,21-22H,3-6,15-18H2,1-2H3. The van der Waals surface area contributed by atoms with Gasteiger partial charge < -0.3 is 9.47 Å². The van der Waals surface area contributed by atoms with E-state index in [4.69, 9.17) is 9.47 Å². The predicted molar refractivity (Wildman–Crippen MR) is 121 cm³/mol. The lowest BCUT2D eigenvalue weighted by molar-refractivity contribution is 0.0637. The van der Waals surface area contributed by atoms with Crippen LogP contribution in [0, 0.1) is 0 Å². The highest BCUT2D eigenvalue weighted by Crippen LogP contribution is 2.33. The van der Waals surface area contributed by atoms with Crippen molar-refractivity contribution in [1.29, 1.82) is 0 Å². The maximum Gasteiger partial charge on any atom is 0.109 e. The highest BCUT2D eigenvalue weighted by molar-refractivity contribution is 8.76. The van der Waals surface area contributed by atoms with Crippen LogP contribution < -0.4 is 0 Å². The minimum atomic E-state index is 0.0274. The molecule has 2 unspecified atom stereocenters. The Bertz CT molecular complexity index is 561. The maximum absolute atomic E-state index is 6.10. The molecule has 0 aliphatic rings. The molecule has 0 saturated heterocycles. The van der Waals surface area contributed by atoms with Crippen LogP contribution >= 0.6 is 21.6 Å². The predicted octanol–water partition coefficient (Wildman–Crippen LogP) is 6.27. The van der Waals surface area contributed by atoms with E-state index in [1.807, 2.05) is 70.4 Å². The zero-order valence-corrected chi connectivity index (χ0v) is 18.6. The molecule has 0 N–H and O–H groups in total. The molecule has 0 aliphatic carbocycles. The van der Waals surface area contributed by atoms with Gasteiger partial charge in [0.05, 0.1) is 11.4 Å². The fraction of sp³-hybridized carbons (Fsp3) is 0.545. The summed E-state index contributed by atoms with van der Waals surface area (Å²) in [6, 6.07) is 12.0. The molecule has 2 atom stereocenters. The summed E-state index contributed by atoms with van der Waals surface area (Å²) < 4.78 is 12.2. The van der Waals surface area contributed by atoms with E-state index in [9.17, 15) is 0 Å². The second kappa shape index (κ2) is 14.9. The van der Waals surface area contributed by atoms with Gasteiger partial charge in [-0.05, 0) is 37.1 Å². The van der Waals surface area contributed by atoms with E-state index in [-0.39, 0.29) is 12.2 Å². The quantitative estimate of drug-likeness (QED) is 0.250. The third-order valence-electron chi connectivity index (χ3n) is 4.19. The van der Waals surface area contributed by atoms with E-state index < -0.39 is 0 Å². The Kier molecular flexibility index (Phi) is 12.3. The summed E-state index contributed by atoms with van der Waals surface area (Å²) in [5, 5.41) is 0. The van der Waals surface area contributed by atoms with Crippen molar-refractivity contribution in [3.05, 3.63) is 60.2 Å². The molecule has 4 nitrogen and oxygen atoms in total. The van der Waals surface area contributed by atoms with Gasteiger partial charge in [0, 0.05) is 37.1 Å². The minimum absolute atomic E-state index is 0.0274. The largest absolute Gasteiger partial charge is 0.371 e. The van der Waals surface area contributed by atoms with Gasteiger partial charge in [0.2, 0.25) is 0 Å². The third-order valence-corrected chi connectivity index (χ3v) is 6.55. The smallest absolute Gasteiger partial charge is 0.109 e. The van der Waals surface area contributed by atoms with Crippen LogP contribution in [-0.4, -0.2) is 34.7 Å². The lowest BCUT2D eigenvalue weighted by Crippen LogP contribution is -2.11. The Morgan fingerprint density at radius 3 is 1.57 bits per heavy atom. The molecule has 0 aromatic carbocycles. The van der Waals surface area contributed by atoms with Crippen LogP contribution in [0.15, 0.2) is 48.8 Å². The zero-order valence-electron chi connectivity index (χ0n) is 17.0. The lowest BCUT2D eigenvalue weighted by Gasteiger charge is -2.19. The molecule has 154 valence electrons. The Hall–Kier alpha value is -1.08. The molecule has 0 fully saturated rings. The number of hydrogen-bond acceptors (Lipinski definition) is 6. The molecule has 0 saturated carbocycles. The molecule has 2 heterocycles. The van der Waals surface area contributed by atoms with Crippen LogP contribution in [0.25, 0.3) is 0 Å². The van der Waals surface area contributed by atoms with E-state index in [0.717, 1.165) is 61.8 Å². The lowest BCUT2D eigenvalue weighted by atomic mass is 10.2. The topological polar surface area (TPSA) is 44.2 Å². The van der Waals surface area contributed by atoms with E-state index in [0.29, 0.717) is 0 Å². The SMILES string of the molecule is CCCCOC(CSSCC(OCCCC)c1ccccn1)c1ccccn1. The number of rotatable bonds is 15. The number of aromatic nitrogens is 2. The molecule has 28 heavy (non-hydrogen) atoms.